The Bertz CT molecular complexity index is 958. The number of benzene rings is 1. The number of halogens is 6. The van der Waals surface area contributed by atoms with E-state index in [4.69, 9.17) is 0 Å². The van der Waals surface area contributed by atoms with Gasteiger partial charge in [0, 0.05) is 55.4 Å². The van der Waals surface area contributed by atoms with Crippen molar-refractivity contribution >= 4 is 29.5 Å². The van der Waals surface area contributed by atoms with Crippen LogP contribution in [-0.4, -0.2) is 48.6 Å². The number of thioether (sulfide) groups is 1. The molecule has 2 aliphatic heterocycles. The first kappa shape index (κ1) is 22.7. The topological polar surface area (TPSA) is 44.3 Å². The van der Waals surface area contributed by atoms with Crippen LogP contribution in [-0.2, 0) is 12.4 Å². The van der Waals surface area contributed by atoms with Gasteiger partial charge in [-0.05, 0) is 30.3 Å². The Hall–Kier alpha value is -2.47. The third-order valence-electron chi connectivity index (χ3n) is 5.13. The van der Waals surface area contributed by atoms with Crippen molar-refractivity contribution in [3.05, 3.63) is 52.2 Å². The van der Waals surface area contributed by atoms with Gasteiger partial charge in [-0.25, -0.2) is 9.97 Å². The number of alkyl halides is 6. The van der Waals surface area contributed by atoms with E-state index in [1.807, 2.05) is 11.0 Å². The molecule has 0 saturated carbocycles. The summed E-state index contributed by atoms with van der Waals surface area (Å²) in [5.41, 5.74) is -1.98. The van der Waals surface area contributed by atoms with Crippen molar-refractivity contribution in [3.63, 3.8) is 0 Å². The lowest BCUT2D eigenvalue weighted by molar-refractivity contribution is -0.143. The Morgan fingerprint density at radius 1 is 0.906 bits per heavy atom. The zero-order chi connectivity index (χ0) is 22.9. The first-order valence-electron chi connectivity index (χ1n) is 9.76. The number of anilines is 2. The minimum Gasteiger partial charge on any atom is -0.368 e. The molecule has 5 nitrogen and oxygen atoms in total. The van der Waals surface area contributed by atoms with E-state index in [0.717, 1.165) is 35.2 Å². The molecule has 2 saturated heterocycles. The van der Waals surface area contributed by atoms with Crippen molar-refractivity contribution in [2.75, 3.05) is 48.4 Å². The lowest BCUT2D eigenvalue weighted by Crippen LogP contribution is -2.47. The fourth-order valence-corrected chi connectivity index (χ4v) is 4.30. The van der Waals surface area contributed by atoms with Crippen molar-refractivity contribution in [1.82, 2.24) is 15.3 Å². The third kappa shape index (κ3) is 5.29. The van der Waals surface area contributed by atoms with Gasteiger partial charge in [-0.2, -0.15) is 26.3 Å². The van der Waals surface area contributed by atoms with E-state index in [-0.39, 0.29) is 24.8 Å². The summed E-state index contributed by atoms with van der Waals surface area (Å²) < 4.78 is 78.9. The first-order chi connectivity index (χ1) is 15.1. The normalized spacial score (nSPS) is 19.1. The van der Waals surface area contributed by atoms with Crippen LogP contribution in [0.3, 0.4) is 0 Å². The molecule has 0 atom stereocenters. The molecular formula is C20H19F6N5S. The number of hydrogen-bond donors (Lipinski definition) is 1. The molecule has 2 aliphatic rings. The summed E-state index contributed by atoms with van der Waals surface area (Å²) in [6.45, 7) is 2.00. The Kier molecular flexibility index (Phi) is 6.26. The van der Waals surface area contributed by atoms with Crippen molar-refractivity contribution < 1.29 is 26.3 Å². The molecule has 1 aromatic heterocycles. The smallest absolute Gasteiger partial charge is 0.368 e. The second kappa shape index (κ2) is 8.81. The highest BCUT2D eigenvalue weighted by atomic mass is 32.2. The van der Waals surface area contributed by atoms with Gasteiger partial charge in [0.1, 0.15) is 0 Å². The summed E-state index contributed by atoms with van der Waals surface area (Å²) in [7, 11) is 0. The zero-order valence-corrected chi connectivity index (χ0v) is 17.5. The average Bonchev–Trinajstić information content (AvgIpc) is 3.25. The molecule has 0 amide bonds. The summed E-state index contributed by atoms with van der Waals surface area (Å²) in [6.07, 6.45) is -6.13. The van der Waals surface area contributed by atoms with Gasteiger partial charge in [0.2, 0.25) is 5.95 Å². The summed E-state index contributed by atoms with van der Waals surface area (Å²) in [6, 6.07) is 3.46. The van der Waals surface area contributed by atoms with Crippen molar-refractivity contribution in [2.45, 2.75) is 12.4 Å². The van der Waals surface area contributed by atoms with Gasteiger partial charge in [-0.3, -0.25) is 0 Å². The van der Waals surface area contributed by atoms with Crippen LogP contribution in [0.25, 0.3) is 6.08 Å². The Morgan fingerprint density at radius 3 is 2.09 bits per heavy atom. The molecule has 32 heavy (non-hydrogen) atoms. The van der Waals surface area contributed by atoms with Gasteiger partial charge in [-0.15, -0.1) is 11.8 Å². The molecule has 172 valence electrons. The van der Waals surface area contributed by atoms with Gasteiger partial charge in [0.25, 0.3) is 0 Å². The molecule has 2 fully saturated rings. The standard InChI is InChI=1S/C20H19F6N5S/c21-19(22,23)13-7-14(20(24,25)26)9-16(8-13)30-3-5-31(6-4-30)18-28-2-1-15(29-18)10-17-11-27-12-32-17/h1-2,7-10,27H,3-6,11-12H2/b17-10-. The van der Waals surface area contributed by atoms with Crippen molar-refractivity contribution in [2.24, 2.45) is 0 Å². The maximum absolute atomic E-state index is 13.1. The number of nitrogens with zero attached hydrogens (tertiary/aromatic N) is 4. The number of nitrogens with one attached hydrogen (secondary N) is 1. The number of aromatic nitrogens is 2. The van der Waals surface area contributed by atoms with E-state index < -0.39 is 23.5 Å². The first-order valence-corrected chi connectivity index (χ1v) is 10.7. The second-order valence-electron chi connectivity index (χ2n) is 7.35. The van der Waals surface area contributed by atoms with Gasteiger partial charge >= 0.3 is 12.4 Å². The molecule has 1 aromatic carbocycles. The number of rotatable bonds is 3. The van der Waals surface area contributed by atoms with E-state index in [0.29, 0.717) is 19.0 Å². The Labute approximate surface area is 184 Å². The summed E-state index contributed by atoms with van der Waals surface area (Å²) >= 11 is 1.69. The maximum Gasteiger partial charge on any atom is 0.416 e. The molecule has 0 radical (unpaired) electrons. The molecule has 3 heterocycles. The minimum absolute atomic E-state index is 0.100. The van der Waals surface area contributed by atoms with E-state index in [9.17, 15) is 26.3 Å². The molecule has 0 bridgehead atoms. The van der Waals surface area contributed by atoms with Crippen molar-refractivity contribution in [3.8, 4) is 0 Å². The van der Waals surface area contributed by atoms with Gasteiger partial charge < -0.3 is 15.1 Å². The maximum atomic E-state index is 13.1. The molecule has 4 rings (SSSR count). The molecule has 2 aromatic rings. The summed E-state index contributed by atoms with van der Waals surface area (Å²) in [5, 5.41) is 3.21. The molecule has 12 heteroatoms. The van der Waals surface area contributed by atoms with Crippen LogP contribution in [0.15, 0.2) is 35.4 Å². The highest BCUT2D eigenvalue weighted by Crippen LogP contribution is 2.38. The number of hydrogen-bond acceptors (Lipinski definition) is 6. The summed E-state index contributed by atoms with van der Waals surface area (Å²) in [4.78, 5) is 13.4. The fourth-order valence-electron chi connectivity index (χ4n) is 3.51. The van der Waals surface area contributed by atoms with Crippen molar-refractivity contribution in [1.29, 1.82) is 0 Å². The second-order valence-corrected chi connectivity index (χ2v) is 8.45. The quantitative estimate of drug-likeness (QED) is 0.661. The number of piperazine rings is 1. The lowest BCUT2D eigenvalue weighted by atomic mass is 10.1. The average molecular weight is 475 g/mol. The monoisotopic (exact) mass is 475 g/mol. The van der Waals surface area contributed by atoms with E-state index in [2.05, 4.69) is 15.3 Å². The van der Waals surface area contributed by atoms with Gasteiger partial charge in [0.15, 0.2) is 0 Å². The van der Waals surface area contributed by atoms with Crippen LogP contribution in [0.2, 0.25) is 0 Å². The molecule has 0 unspecified atom stereocenters. The minimum atomic E-state index is -4.87. The molecule has 0 aliphatic carbocycles. The van der Waals surface area contributed by atoms with Crippen LogP contribution in [0.4, 0.5) is 38.0 Å². The van der Waals surface area contributed by atoms with E-state index in [1.165, 1.54) is 4.90 Å². The molecule has 1 N–H and O–H groups in total. The van der Waals surface area contributed by atoms with E-state index >= 15 is 0 Å². The van der Waals surface area contributed by atoms with Crippen LogP contribution in [0.1, 0.15) is 16.8 Å². The summed E-state index contributed by atoms with van der Waals surface area (Å²) in [5.74, 6) is 1.33. The van der Waals surface area contributed by atoms with Gasteiger partial charge in [0.05, 0.1) is 16.8 Å². The van der Waals surface area contributed by atoms with Crippen LogP contribution < -0.4 is 15.1 Å². The van der Waals surface area contributed by atoms with Crippen LogP contribution >= 0.6 is 11.8 Å². The van der Waals surface area contributed by atoms with Crippen LogP contribution in [0.5, 0.6) is 0 Å². The Morgan fingerprint density at radius 2 is 1.53 bits per heavy atom. The van der Waals surface area contributed by atoms with Crippen LogP contribution in [0, 0.1) is 0 Å². The Balaban J connectivity index is 1.50. The van der Waals surface area contributed by atoms with Gasteiger partial charge in [-0.1, -0.05) is 0 Å². The molecule has 0 spiro atoms. The largest absolute Gasteiger partial charge is 0.416 e. The zero-order valence-electron chi connectivity index (χ0n) is 16.7. The lowest BCUT2D eigenvalue weighted by Gasteiger charge is -2.36. The highest BCUT2D eigenvalue weighted by molar-refractivity contribution is 8.03. The third-order valence-corrected chi connectivity index (χ3v) is 6.11. The molecular weight excluding hydrogens is 456 g/mol. The van der Waals surface area contributed by atoms with E-state index in [1.54, 1.807) is 24.0 Å². The fraction of sp³-hybridized carbons (Fsp3) is 0.400. The predicted octanol–water partition coefficient (Wildman–Crippen LogP) is 4.48. The predicted molar refractivity (Wildman–Crippen MR) is 111 cm³/mol. The highest BCUT2D eigenvalue weighted by Gasteiger charge is 2.37. The SMILES string of the molecule is FC(F)(F)c1cc(N2CCN(c3nccc(/C=C4/CNCS4)n3)CC2)cc(C(F)(F)F)c1.